The predicted octanol–water partition coefficient (Wildman–Crippen LogP) is 9.10. The molecular formula is C37H51N5. The van der Waals surface area contributed by atoms with Crippen LogP contribution in [0.3, 0.4) is 0 Å². The molecule has 1 saturated carbocycles. The molecule has 0 spiro atoms. The van der Waals surface area contributed by atoms with E-state index in [1.54, 1.807) is 0 Å². The number of likely N-dealkylation sites (tertiary alicyclic amines) is 1. The summed E-state index contributed by atoms with van der Waals surface area (Å²) in [7, 11) is 0. The third-order valence-corrected chi connectivity index (χ3v) is 9.04. The van der Waals surface area contributed by atoms with Crippen molar-refractivity contribution in [3.05, 3.63) is 70.6 Å². The van der Waals surface area contributed by atoms with E-state index in [1.807, 2.05) is 12.4 Å². The van der Waals surface area contributed by atoms with Crippen molar-refractivity contribution in [3.63, 3.8) is 0 Å². The van der Waals surface area contributed by atoms with E-state index in [4.69, 9.17) is 9.98 Å². The lowest BCUT2D eigenvalue weighted by molar-refractivity contribution is 0.203. The van der Waals surface area contributed by atoms with Gasteiger partial charge in [0, 0.05) is 47.0 Å². The zero-order valence-electron chi connectivity index (χ0n) is 26.7. The van der Waals surface area contributed by atoms with Gasteiger partial charge in [0.05, 0.1) is 5.69 Å². The van der Waals surface area contributed by atoms with Gasteiger partial charge in [-0.1, -0.05) is 45.9 Å². The number of aromatic nitrogens is 1. The summed E-state index contributed by atoms with van der Waals surface area (Å²) in [5, 5.41) is 7.20. The molecule has 0 bridgehead atoms. The number of nitrogens with one attached hydrogen (secondary N) is 2. The Hall–Kier alpha value is -3.18. The van der Waals surface area contributed by atoms with Gasteiger partial charge in [0.2, 0.25) is 0 Å². The first-order chi connectivity index (χ1) is 20.4. The smallest absolute Gasteiger partial charge is 0.141 e. The normalized spacial score (nSPS) is 19.9. The minimum atomic E-state index is 0.334. The van der Waals surface area contributed by atoms with Crippen molar-refractivity contribution in [2.45, 2.75) is 104 Å². The highest BCUT2D eigenvalue weighted by molar-refractivity contribution is 6.09. The summed E-state index contributed by atoms with van der Waals surface area (Å²) in [4.78, 5) is 12.9. The lowest BCUT2D eigenvalue weighted by Gasteiger charge is -2.33. The number of benzene rings is 1. The van der Waals surface area contributed by atoms with Gasteiger partial charge in [-0.3, -0.25) is 4.99 Å². The Balaban J connectivity index is 1.43. The fourth-order valence-electron chi connectivity index (χ4n) is 6.59. The predicted molar refractivity (Wildman–Crippen MR) is 181 cm³/mol. The highest BCUT2D eigenvalue weighted by Crippen LogP contribution is 2.37. The molecule has 2 fully saturated rings. The van der Waals surface area contributed by atoms with Crippen LogP contribution in [-0.2, 0) is 0 Å². The Morgan fingerprint density at radius 3 is 2.57 bits per heavy atom. The number of aliphatic imine (C=N–C) groups is 1. The number of anilines is 2. The number of pyridine rings is 1. The Morgan fingerprint density at radius 2 is 1.93 bits per heavy atom. The van der Waals surface area contributed by atoms with E-state index >= 15 is 0 Å². The SMILES string of the molecule is C/C=C(\C=NC(CC)CC(C)C)c1cc2c(c(Nc3ccc(C4CCN(C5CC5)CC4)c(C)c3)n1)/C(=C/CC)NC=C2. The van der Waals surface area contributed by atoms with Crippen molar-refractivity contribution in [3.8, 4) is 0 Å². The maximum atomic E-state index is 5.23. The van der Waals surface area contributed by atoms with Crippen molar-refractivity contribution >= 4 is 35.1 Å². The summed E-state index contributed by atoms with van der Waals surface area (Å²) in [5.41, 5.74) is 9.35. The van der Waals surface area contributed by atoms with Crippen molar-refractivity contribution in [2.75, 3.05) is 18.4 Å². The van der Waals surface area contributed by atoms with Gasteiger partial charge < -0.3 is 15.5 Å². The van der Waals surface area contributed by atoms with Crippen LogP contribution in [-0.4, -0.2) is 41.3 Å². The quantitative estimate of drug-likeness (QED) is 0.267. The van der Waals surface area contributed by atoms with Crippen LogP contribution in [0.4, 0.5) is 11.5 Å². The molecule has 3 aliphatic rings. The number of aryl methyl sites for hydroxylation is 1. The van der Waals surface area contributed by atoms with Crippen LogP contribution in [0.2, 0.25) is 0 Å². The molecule has 1 aromatic carbocycles. The van der Waals surface area contributed by atoms with E-state index in [-0.39, 0.29) is 0 Å². The molecular weight excluding hydrogens is 514 g/mol. The molecule has 2 aliphatic heterocycles. The van der Waals surface area contributed by atoms with Crippen LogP contribution in [0, 0.1) is 12.8 Å². The molecule has 42 heavy (non-hydrogen) atoms. The zero-order valence-corrected chi connectivity index (χ0v) is 26.7. The molecule has 1 atom stereocenters. The van der Waals surface area contributed by atoms with Gasteiger partial charge in [0.15, 0.2) is 0 Å². The molecule has 2 N–H and O–H groups in total. The van der Waals surface area contributed by atoms with Crippen LogP contribution < -0.4 is 10.6 Å². The average molecular weight is 566 g/mol. The number of nitrogens with zero attached hydrogens (tertiary/aromatic N) is 3. The van der Waals surface area contributed by atoms with Crippen molar-refractivity contribution in [1.82, 2.24) is 15.2 Å². The number of fused-ring (bicyclic) bond motifs is 1. The Morgan fingerprint density at radius 1 is 1.14 bits per heavy atom. The second-order valence-electron chi connectivity index (χ2n) is 12.8. The Labute approximate surface area is 254 Å². The molecule has 1 unspecified atom stereocenters. The number of allylic oxidation sites excluding steroid dienone is 3. The monoisotopic (exact) mass is 565 g/mol. The lowest BCUT2D eigenvalue weighted by Crippen LogP contribution is -2.34. The van der Waals surface area contributed by atoms with Crippen molar-refractivity contribution < 1.29 is 0 Å². The van der Waals surface area contributed by atoms with Crippen LogP contribution in [0.15, 0.2) is 47.6 Å². The topological polar surface area (TPSA) is 52.6 Å². The average Bonchev–Trinajstić information content (AvgIpc) is 3.83. The van der Waals surface area contributed by atoms with Crippen molar-refractivity contribution in [2.24, 2.45) is 10.9 Å². The second-order valence-corrected chi connectivity index (χ2v) is 12.8. The summed E-state index contributed by atoms with van der Waals surface area (Å²) in [5.74, 6) is 2.17. The van der Waals surface area contributed by atoms with E-state index in [2.05, 4.69) is 99.6 Å². The molecule has 0 radical (unpaired) electrons. The Kier molecular flexibility index (Phi) is 9.99. The molecule has 5 heteroatoms. The minimum absolute atomic E-state index is 0.334. The summed E-state index contributed by atoms with van der Waals surface area (Å²) in [6.45, 7) is 15.8. The Bertz CT molecular complexity index is 1350. The molecule has 5 nitrogen and oxygen atoms in total. The van der Waals surface area contributed by atoms with Gasteiger partial charge >= 0.3 is 0 Å². The summed E-state index contributed by atoms with van der Waals surface area (Å²) < 4.78 is 0. The van der Waals surface area contributed by atoms with E-state index in [0.717, 1.165) is 59.3 Å². The second kappa shape index (κ2) is 13.9. The van der Waals surface area contributed by atoms with Crippen molar-refractivity contribution in [1.29, 1.82) is 0 Å². The van der Waals surface area contributed by atoms with E-state index in [9.17, 15) is 0 Å². The maximum Gasteiger partial charge on any atom is 0.141 e. The van der Waals surface area contributed by atoms with Gasteiger partial charge in [0.1, 0.15) is 5.82 Å². The first kappa shape index (κ1) is 30.3. The lowest BCUT2D eigenvalue weighted by atomic mass is 9.86. The van der Waals surface area contributed by atoms with Crippen LogP contribution in [0.5, 0.6) is 0 Å². The highest BCUT2D eigenvalue weighted by Gasteiger charge is 2.32. The first-order valence-electron chi connectivity index (χ1n) is 16.4. The fourth-order valence-corrected chi connectivity index (χ4v) is 6.59. The van der Waals surface area contributed by atoms with Crippen LogP contribution in [0.1, 0.15) is 113 Å². The molecule has 5 rings (SSSR count). The van der Waals surface area contributed by atoms with Gasteiger partial charge in [-0.2, -0.15) is 0 Å². The summed E-state index contributed by atoms with van der Waals surface area (Å²) >= 11 is 0. The molecule has 3 heterocycles. The number of hydrogen-bond donors (Lipinski definition) is 2. The third-order valence-electron chi connectivity index (χ3n) is 9.04. The molecule has 1 saturated heterocycles. The maximum absolute atomic E-state index is 5.23. The first-order valence-corrected chi connectivity index (χ1v) is 16.4. The zero-order chi connectivity index (χ0) is 29.6. The van der Waals surface area contributed by atoms with E-state index < -0.39 is 0 Å². The molecule has 2 aromatic rings. The van der Waals surface area contributed by atoms with Gasteiger partial charge in [-0.05, 0) is 125 Å². The number of piperidine rings is 1. The highest BCUT2D eigenvalue weighted by atomic mass is 15.2. The summed E-state index contributed by atoms with van der Waals surface area (Å²) in [6, 6.07) is 10.3. The minimum Gasteiger partial charge on any atom is -0.361 e. The van der Waals surface area contributed by atoms with Crippen LogP contribution in [0.25, 0.3) is 17.3 Å². The molecule has 0 amide bonds. The number of rotatable bonds is 11. The molecule has 1 aliphatic carbocycles. The largest absolute Gasteiger partial charge is 0.361 e. The molecule has 224 valence electrons. The fraction of sp³-hybridized carbons (Fsp3) is 0.514. The van der Waals surface area contributed by atoms with E-state index in [1.165, 1.54) is 55.5 Å². The standard InChI is InChI=1S/C37H51N5/c1-7-10-34-36-29(15-18-38-34)23-35(27(8-2)24-39-30(9-3)21-25(4)5)41-37(36)40-31-11-14-33(26(6)22-31)28-16-19-42(20-17-28)32-12-13-32/h8,10-11,14-15,18,22-25,28,30,32,38H,7,9,12-13,16-17,19-21H2,1-6H3,(H,40,41)/b27-8+,34-10-,39-24?. The molecule has 1 aromatic heterocycles. The van der Waals surface area contributed by atoms with Gasteiger partial charge in [-0.25, -0.2) is 4.98 Å². The number of hydrogen-bond acceptors (Lipinski definition) is 5. The van der Waals surface area contributed by atoms with Gasteiger partial charge in [0.25, 0.3) is 0 Å². The van der Waals surface area contributed by atoms with Crippen LogP contribution >= 0.6 is 0 Å². The van der Waals surface area contributed by atoms with E-state index in [0.29, 0.717) is 17.9 Å². The third kappa shape index (κ3) is 7.23. The summed E-state index contributed by atoms with van der Waals surface area (Å²) in [6.07, 6.45) is 19.0. The van der Waals surface area contributed by atoms with Gasteiger partial charge in [-0.15, -0.1) is 0 Å².